The van der Waals surface area contributed by atoms with Gasteiger partial charge in [0.2, 0.25) is 0 Å². The Morgan fingerprint density at radius 1 is 1.23 bits per heavy atom. The number of rotatable bonds is 8. The van der Waals surface area contributed by atoms with Crippen LogP contribution in [0.4, 0.5) is 0 Å². The van der Waals surface area contributed by atoms with E-state index in [1.54, 1.807) is 0 Å². The zero-order chi connectivity index (χ0) is 10.1. The number of halogens is 1. The summed E-state index contributed by atoms with van der Waals surface area (Å²) in [6.45, 7) is 7.84. The van der Waals surface area contributed by atoms with Crippen LogP contribution < -0.4 is 5.32 Å². The van der Waals surface area contributed by atoms with Crippen molar-refractivity contribution in [3.63, 3.8) is 0 Å². The summed E-state index contributed by atoms with van der Waals surface area (Å²) in [6.07, 6.45) is 5.08. The first-order valence-electron chi connectivity index (χ1n) is 5.50. The van der Waals surface area contributed by atoms with E-state index >= 15 is 0 Å². The van der Waals surface area contributed by atoms with Gasteiger partial charge in [-0.1, -0.05) is 33.6 Å². The van der Waals surface area contributed by atoms with Gasteiger partial charge in [0, 0.05) is 11.9 Å². The van der Waals surface area contributed by atoms with E-state index < -0.39 is 0 Å². The molecule has 0 radical (unpaired) electrons. The Kier molecular flexibility index (Phi) is 9.00. The standard InChI is InChI=1S/C11H24ClN/c1-4-5-6-7-13-11(9-12)8-10(2)3/h10-11,13H,4-9H2,1-3H3. The van der Waals surface area contributed by atoms with Crippen molar-refractivity contribution in [3.8, 4) is 0 Å². The van der Waals surface area contributed by atoms with Crippen LogP contribution >= 0.6 is 11.6 Å². The molecule has 0 saturated carbocycles. The summed E-state index contributed by atoms with van der Waals surface area (Å²) >= 11 is 5.86. The van der Waals surface area contributed by atoms with Crippen LogP contribution in [0.15, 0.2) is 0 Å². The first kappa shape index (κ1) is 13.2. The highest BCUT2D eigenvalue weighted by molar-refractivity contribution is 6.18. The van der Waals surface area contributed by atoms with E-state index in [-0.39, 0.29) is 0 Å². The van der Waals surface area contributed by atoms with E-state index in [4.69, 9.17) is 11.6 Å². The van der Waals surface area contributed by atoms with Gasteiger partial charge in [-0.25, -0.2) is 0 Å². The highest BCUT2D eigenvalue weighted by Crippen LogP contribution is 2.06. The fourth-order valence-corrected chi connectivity index (χ4v) is 1.69. The fourth-order valence-electron chi connectivity index (χ4n) is 1.45. The summed E-state index contributed by atoms with van der Waals surface area (Å²) in [5.41, 5.74) is 0. The Morgan fingerprint density at radius 3 is 2.38 bits per heavy atom. The van der Waals surface area contributed by atoms with Gasteiger partial charge in [-0.2, -0.15) is 0 Å². The molecule has 0 spiro atoms. The second-order valence-electron chi connectivity index (χ2n) is 4.14. The molecule has 1 atom stereocenters. The normalized spacial score (nSPS) is 13.6. The minimum absolute atomic E-state index is 0.513. The molecule has 0 bridgehead atoms. The Bertz CT molecular complexity index is 104. The summed E-state index contributed by atoms with van der Waals surface area (Å²) < 4.78 is 0. The van der Waals surface area contributed by atoms with Gasteiger partial charge in [-0.3, -0.25) is 0 Å². The Labute approximate surface area is 88.2 Å². The maximum atomic E-state index is 5.86. The van der Waals surface area contributed by atoms with E-state index in [2.05, 4.69) is 26.1 Å². The van der Waals surface area contributed by atoms with Crippen molar-refractivity contribution >= 4 is 11.6 Å². The number of unbranched alkanes of at least 4 members (excludes halogenated alkanes) is 2. The predicted molar refractivity (Wildman–Crippen MR) is 61.5 cm³/mol. The molecule has 0 aromatic heterocycles. The third kappa shape index (κ3) is 8.58. The smallest absolute Gasteiger partial charge is 0.0377 e. The first-order chi connectivity index (χ1) is 6.20. The molecule has 1 N–H and O–H groups in total. The van der Waals surface area contributed by atoms with Crippen molar-refractivity contribution < 1.29 is 0 Å². The van der Waals surface area contributed by atoms with Crippen molar-refractivity contribution in [2.75, 3.05) is 12.4 Å². The highest BCUT2D eigenvalue weighted by Gasteiger charge is 2.07. The largest absolute Gasteiger partial charge is 0.313 e. The average Bonchev–Trinajstić information content (AvgIpc) is 2.09. The minimum atomic E-state index is 0.513. The Balaban J connectivity index is 3.36. The lowest BCUT2D eigenvalue weighted by atomic mass is 10.1. The molecule has 0 aromatic carbocycles. The number of hydrogen-bond acceptors (Lipinski definition) is 1. The van der Waals surface area contributed by atoms with Crippen molar-refractivity contribution in [1.29, 1.82) is 0 Å². The molecule has 0 saturated heterocycles. The van der Waals surface area contributed by atoms with E-state index in [9.17, 15) is 0 Å². The monoisotopic (exact) mass is 205 g/mol. The summed E-state index contributed by atoms with van der Waals surface area (Å²) in [6, 6.07) is 0.513. The maximum absolute atomic E-state index is 5.86. The molecule has 0 heterocycles. The van der Waals surface area contributed by atoms with Crippen LogP contribution in [-0.4, -0.2) is 18.5 Å². The van der Waals surface area contributed by atoms with Crippen molar-refractivity contribution in [3.05, 3.63) is 0 Å². The van der Waals surface area contributed by atoms with Crippen LogP contribution in [0.5, 0.6) is 0 Å². The molecule has 2 heteroatoms. The lowest BCUT2D eigenvalue weighted by molar-refractivity contribution is 0.439. The second-order valence-corrected chi connectivity index (χ2v) is 4.45. The zero-order valence-electron chi connectivity index (χ0n) is 9.28. The van der Waals surface area contributed by atoms with Crippen LogP contribution in [-0.2, 0) is 0 Å². The fraction of sp³-hybridized carbons (Fsp3) is 1.00. The Morgan fingerprint density at radius 2 is 1.92 bits per heavy atom. The first-order valence-corrected chi connectivity index (χ1v) is 6.03. The van der Waals surface area contributed by atoms with E-state index in [1.807, 2.05) is 0 Å². The number of nitrogens with one attached hydrogen (secondary N) is 1. The maximum Gasteiger partial charge on any atom is 0.0377 e. The van der Waals surface area contributed by atoms with Crippen molar-refractivity contribution in [2.24, 2.45) is 5.92 Å². The highest BCUT2D eigenvalue weighted by atomic mass is 35.5. The van der Waals surface area contributed by atoms with E-state index in [0.717, 1.165) is 18.3 Å². The van der Waals surface area contributed by atoms with Crippen molar-refractivity contribution in [1.82, 2.24) is 5.32 Å². The minimum Gasteiger partial charge on any atom is -0.313 e. The molecule has 13 heavy (non-hydrogen) atoms. The molecular weight excluding hydrogens is 182 g/mol. The summed E-state index contributed by atoms with van der Waals surface area (Å²) in [7, 11) is 0. The van der Waals surface area contributed by atoms with Gasteiger partial charge in [0.25, 0.3) is 0 Å². The van der Waals surface area contributed by atoms with Crippen LogP contribution in [0, 0.1) is 5.92 Å². The molecule has 80 valence electrons. The molecule has 0 aliphatic heterocycles. The number of alkyl halides is 1. The molecule has 0 amide bonds. The lowest BCUT2D eigenvalue weighted by Gasteiger charge is -2.17. The SMILES string of the molecule is CCCCCNC(CCl)CC(C)C. The second kappa shape index (κ2) is 8.83. The quantitative estimate of drug-likeness (QED) is 0.473. The van der Waals surface area contributed by atoms with Gasteiger partial charge in [0.1, 0.15) is 0 Å². The van der Waals surface area contributed by atoms with Crippen LogP contribution in [0.3, 0.4) is 0 Å². The van der Waals surface area contributed by atoms with Gasteiger partial charge >= 0.3 is 0 Å². The zero-order valence-corrected chi connectivity index (χ0v) is 10.0. The Hall–Kier alpha value is 0.250. The molecule has 0 aliphatic rings. The van der Waals surface area contributed by atoms with Crippen LogP contribution in [0.2, 0.25) is 0 Å². The summed E-state index contributed by atoms with van der Waals surface area (Å²) in [5, 5.41) is 3.50. The van der Waals surface area contributed by atoms with Gasteiger partial charge in [0.15, 0.2) is 0 Å². The van der Waals surface area contributed by atoms with Gasteiger partial charge < -0.3 is 5.32 Å². The van der Waals surface area contributed by atoms with Gasteiger partial charge in [-0.15, -0.1) is 11.6 Å². The van der Waals surface area contributed by atoms with Gasteiger partial charge in [-0.05, 0) is 25.3 Å². The van der Waals surface area contributed by atoms with Gasteiger partial charge in [0.05, 0.1) is 0 Å². The molecule has 0 fully saturated rings. The molecule has 0 aliphatic carbocycles. The molecule has 0 rings (SSSR count). The molecular formula is C11H24ClN. The van der Waals surface area contributed by atoms with Crippen LogP contribution in [0.1, 0.15) is 46.5 Å². The summed E-state index contributed by atoms with van der Waals surface area (Å²) in [5.74, 6) is 1.48. The van der Waals surface area contributed by atoms with E-state index in [1.165, 1.54) is 25.7 Å². The lowest BCUT2D eigenvalue weighted by Crippen LogP contribution is -2.32. The molecule has 0 aromatic rings. The molecule has 1 unspecified atom stereocenters. The molecule has 1 nitrogen and oxygen atoms in total. The topological polar surface area (TPSA) is 12.0 Å². The van der Waals surface area contributed by atoms with Crippen molar-refractivity contribution in [2.45, 2.75) is 52.5 Å². The third-order valence-corrected chi connectivity index (χ3v) is 2.53. The third-order valence-electron chi connectivity index (χ3n) is 2.16. The summed E-state index contributed by atoms with van der Waals surface area (Å²) in [4.78, 5) is 0. The predicted octanol–water partition coefficient (Wildman–Crippen LogP) is 3.42. The van der Waals surface area contributed by atoms with E-state index in [0.29, 0.717) is 6.04 Å². The average molecular weight is 206 g/mol. The van der Waals surface area contributed by atoms with Crippen LogP contribution in [0.25, 0.3) is 0 Å². The number of hydrogen-bond donors (Lipinski definition) is 1.